The van der Waals surface area contributed by atoms with Gasteiger partial charge < -0.3 is 20.5 Å². The number of pyridine rings is 1. The molecule has 0 spiro atoms. The van der Waals surface area contributed by atoms with Gasteiger partial charge in [-0.25, -0.2) is 0 Å². The molecule has 1 saturated carbocycles. The van der Waals surface area contributed by atoms with E-state index in [1.54, 1.807) is 0 Å². The number of benzene rings is 2. The Morgan fingerprint density at radius 2 is 1.79 bits per heavy atom. The predicted octanol–water partition coefficient (Wildman–Crippen LogP) is 3.43. The summed E-state index contributed by atoms with van der Waals surface area (Å²) in [7, 11) is 0. The van der Waals surface area contributed by atoms with Gasteiger partial charge in [-0.2, -0.15) is 9.59 Å². The van der Waals surface area contributed by atoms with Crippen molar-refractivity contribution in [2.45, 2.75) is 44.8 Å². The molecule has 4 rings (SSSR count). The first-order valence-corrected chi connectivity index (χ1v) is 10.8. The predicted molar refractivity (Wildman–Crippen MR) is 123 cm³/mol. The molecule has 3 aromatic rings. The Hall–Kier alpha value is -3.90. The summed E-state index contributed by atoms with van der Waals surface area (Å²) in [6, 6.07) is 17.2. The molecule has 8 nitrogen and oxygen atoms in total. The Morgan fingerprint density at radius 3 is 2.48 bits per heavy atom. The number of fused-ring (bicyclic) bond motifs is 1. The normalized spacial score (nSPS) is 17.2. The molecule has 1 aliphatic carbocycles. The van der Waals surface area contributed by atoms with Crippen molar-refractivity contribution in [3.63, 3.8) is 0 Å². The van der Waals surface area contributed by atoms with E-state index in [0.29, 0.717) is 11.4 Å². The lowest BCUT2D eigenvalue weighted by molar-refractivity contribution is -0.191. The second-order valence-corrected chi connectivity index (χ2v) is 7.85. The van der Waals surface area contributed by atoms with Gasteiger partial charge in [0, 0.05) is 17.4 Å². The number of aromatic nitrogens is 1. The zero-order valence-corrected chi connectivity index (χ0v) is 18.5. The average Bonchev–Trinajstić information content (AvgIpc) is 2.80. The number of carbonyl (C=O) groups excluding carboxylic acids is 3. The van der Waals surface area contributed by atoms with Crippen LogP contribution >= 0.6 is 0 Å². The minimum absolute atomic E-state index is 0.0299. The number of para-hydroxylation sites is 1. The van der Waals surface area contributed by atoms with Gasteiger partial charge in [0.25, 0.3) is 5.91 Å². The van der Waals surface area contributed by atoms with E-state index >= 15 is 0 Å². The molecule has 0 bridgehead atoms. The fourth-order valence-electron chi connectivity index (χ4n) is 3.96. The minimum Gasteiger partial charge on any atom is -0.490 e. The largest absolute Gasteiger partial charge is 0.490 e. The van der Waals surface area contributed by atoms with Crippen molar-refractivity contribution in [1.82, 2.24) is 10.3 Å². The molecule has 1 aromatic heterocycles. The van der Waals surface area contributed by atoms with Crippen molar-refractivity contribution >= 4 is 28.6 Å². The number of nitrogens with zero attached hydrogens (tertiary/aromatic N) is 1. The zero-order valence-electron chi connectivity index (χ0n) is 18.5. The SMILES string of the molecule is Cc1cc(N)c2c(OC3CCC(NC(=O)COc4ccccc4)CC3)cccc2n1.O=C=O. The summed E-state index contributed by atoms with van der Waals surface area (Å²) in [4.78, 5) is 33.0. The summed E-state index contributed by atoms with van der Waals surface area (Å²) in [6.45, 7) is 1.96. The topological polar surface area (TPSA) is 121 Å². The van der Waals surface area contributed by atoms with Crippen LogP contribution in [-0.4, -0.2) is 35.8 Å². The molecule has 33 heavy (non-hydrogen) atoms. The lowest BCUT2D eigenvalue weighted by Crippen LogP contribution is -2.41. The van der Waals surface area contributed by atoms with Crippen LogP contribution in [0.4, 0.5) is 5.69 Å². The summed E-state index contributed by atoms with van der Waals surface area (Å²) in [5, 5.41) is 3.94. The lowest BCUT2D eigenvalue weighted by atomic mass is 9.93. The maximum atomic E-state index is 12.2. The third kappa shape index (κ3) is 6.79. The van der Waals surface area contributed by atoms with Crippen molar-refractivity contribution in [3.8, 4) is 11.5 Å². The number of carbonyl (C=O) groups is 1. The summed E-state index contributed by atoms with van der Waals surface area (Å²) in [5.41, 5.74) is 8.66. The van der Waals surface area contributed by atoms with Gasteiger partial charge in [0.2, 0.25) is 0 Å². The third-order valence-corrected chi connectivity index (χ3v) is 5.40. The van der Waals surface area contributed by atoms with Crippen LogP contribution < -0.4 is 20.5 Å². The van der Waals surface area contributed by atoms with Crippen LogP contribution in [0, 0.1) is 6.92 Å². The molecular formula is C25H27N3O5. The average molecular weight is 450 g/mol. The molecule has 1 aliphatic rings. The van der Waals surface area contributed by atoms with E-state index in [2.05, 4.69) is 10.3 Å². The monoisotopic (exact) mass is 449 g/mol. The van der Waals surface area contributed by atoms with Crippen LogP contribution in [0.25, 0.3) is 10.9 Å². The molecule has 1 amide bonds. The van der Waals surface area contributed by atoms with E-state index in [1.165, 1.54) is 0 Å². The van der Waals surface area contributed by atoms with Gasteiger partial charge in [-0.05, 0) is 62.9 Å². The molecule has 3 N–H and O–H groups in total. The molecule has 0 saturated heterocycles. The summed E-state index contributed by atoms with van der Waals surface area (Å²) in [6.07, 6.45) is 3.85. The number of hydrogen-bond donors (Lipinski definition) is 2. The molecular weight excluding hydrogens is 422 g/mol. The quantitative estimate of drug-likeness (QED) is 0.591. The van der Waals surface area contributed by atoms with Crippen molar-refractivity contribution in [1.29, 1.82) is 0 Å². The number of hydrogen-bond acceptors (Lipinski definition) is 7. The fourth-order valence-corrected chi connectivity index (χ4v) is 3.96. The molecule has 1 fully saturated rings. The van der Waals surface area contributed by atoms with E-state index < -0.39 is 0 Å². The maximum Gasteiger partial charge on any atom is 0.373 e. The van der Waals surface area contributed by atoms with Crippen molar-refractivity contribution in [2.24, 2.45) is 0 Å². The maximum absolute atomic E-state index is 12.2. The van der Waals surface area contributed by atoms with Crippen molar-refractivity contribution in [3.05, 3.63) is 60.3 Å². The number of anilines is 1. The first-order valence-electron chi connectivity index (χ1n) is 10.8. The van der Waals surface area contributed by atoms with E-state index in [4.69, 9.17) is 24.8 Å². The first kappa shape index (κ1) is 23.8. The number of amides is 1. The van der Waals surface area contributed by atoms with Crippen LogP contribution in [0.1, 0.15) is 31.4 Å². The molecule has 1 heterocycles. The number of ether oxygens (including phenoxy) is 2. The molecule has 0 unspecified atom stereocenters. The van der Waals surface area contributed by atoms with E-state index in [1.807, 2.05) is 61.5 Å². The van der Waals surface area contributed by atoms with Crippen LogP contribution in [0.3, 0.4) is 0 Å². The van der Waals surface area contributed by atoms with Gasteiger partial charge in [-0.15, -0.1) is 0 Å². The van der Waals surface area contributed by atoms with Gasteiger partial charge in [0.05, 0.1) is 17.0 Å². The van der Waals surface area contributed by atoms with Crippen LogP contribution in [0.5, 0.6) is 11.5 Å². The summed E-state index contributed by atoms with van der Waals surface area (Å²) >= 11 is 0. The molecule has 0 aliphatic heterocycles. The number of aryl methyl sites for hydroxylation is 1. The number of nitrogen functional groups attached to an aromatic ring is 1. The highest BCUT2D eigenvalue weighted by molar-refractivity contribution is 5.95. The zero-order chi connectivity index (χ0) is 23.6. The van der Waals surface area contributed by atoms with Gasteiger partial charge in [-0.1, -0.05) is 24.3 Å². The van der Waals surface area contributed by atoms with Crippen LogP contribution in [-0.2, 0) is 14.4 Å². The minimum atomic E-state index is -0.0912. The molecule has 2 aromatic carbocycles. The Bertz CT molecular complexity index is 1110. The lowest BCUT2D eigenvalue weighted by Gasteiger charge is -2.30. The smallest absolute Gasteiger partial charge is 0.373 e. The molecule has 8 heteroatoms. The second-order valence-electron chi connectivity index (χ2n) is 7.85. The van der Waals surface area contributed by atoms with E-state index in [-0.39, 0.29) is 30.8 Å². The van der Waals surface area contributed by atoms with Gasteiger partial charge in [0.15, 0.2) is 6.61 Å². The van der Waals surface area contributed by atoms with Crippen molar-refractivity contribution in [2.75, 3.05) is 12.3 Å². The third-order valence-electron chi connectivity index (χ3n) is 5.40. The van der Waals surface area contributed by atoms with Crippen molar-refractivity contribution < 1.29 is 23.9 Å². The molecule has 0 radical (unpaired) electrons. The second kappa shape index (κ2) is 11.6. The summed E-state index contributed by atoms with van der Waals surface area (Å²) < 4.78 is 11.8. The van der Waals surface area contributed by atoms with E-state index in [9.17, 15) is 4.79 Å². The van der Waals surface area contributed by atoms with Gasteiger partial charge in [-0.3, -0.25) is 9.78 Å². The van der Waals surface area contributed by atoms with Gasteiger partial charge in [0.1, 0.15) is 11.5 Å². The van der Waals surface area contributed by atoms with Crippen LogP contribution in [0.15, 0.2) is 54.6 Å². The highest BCUT2D eigenvalue weighted by atomic mass is 16.5. The first-order chi connectivity index (χ1) is 16.0. The fraction of sp³-hybridized carbons (Fsp3) is 0.320. The number of nitrogens with one attached hydrogen (secondary N) is 1. The Labute approximate surface area is 192 Å². The van der Waals surface area contributed by atoms with Gasteiger partial charge >= 0.3 is 6.15 Å². The number of rotatable bonds is 6. The Kier molecular flexibility index (Phi) is 8.38. The van der Waals surface area contributed by atoms with Crippen LogP contribution in [0.2, 0.25) is 0 Å². The highest BCUT2D eigenvalue weighted by Gasteiger charge is 2.24. The molecule has 172 valence electrons. The molecule has 0 atom stereocenters. The Balaban J connectivity index is 0.000000968. The number of nitrogens with two attached hydrogens (primary N) is 1. The van der Waals surface area contributed by atoms with E-state index in [0.717, 1.165) is 48.0 Å². The highest BCUT2D eigenvalue weighted by Crippen LogP contribution is 2.33. The standard InChI is InChI=1S/C24H27N3O3.CO2/c1-16-14-20(25)24-21(26-16)8-5-9-22(24)30-19-12-10-17(11-13-19)27-23(28)15-29-18-6-3-2-4-7-18;2-1-3/h2-9,14,17,19H,10-13,15H2,1H3,(H2,25,26)(H,27,28);. The Morgan fingerprint density at radius 1 is 1.09 bits per heavy atom. The summed E-state index contributed by atoms with van der Waals surface area (Å²) in [5.74, 6) is 1.39.